The SMILES string of the molecule is CCCCN(C(=O)C(CC(C)C)NC(=O)OC(C)(C)C)C(C(=O)Nc1ccc2ccccc2c1)c1cc(C)cc(C)c1. The highest BCUT2D eigenvalue weighted by Crippen LogP contribution is 2.28. The summed E-state index contributed by atoms with van der Waals surface area (Å²) in [6.45, 7) is 15.7. The zero-order valence-corrected chi connectivity index (χ0v) is 26.4. The Morgan fingerprint density at radius 1 is 0.905 bits per heavy atom. The molecule has 3 aromatic carbocycles. The molecule has 0 spiro atoms. The third kappa shape index (κ3) is 9.33. The number of carbonyl (C=O) groups is 3. The lowest BCUT2D eigenvalue weighted by Gasteiger charge is -2.35. The predicted octanol–water partition coefficient (Wildman–Crippen LogP) is 7.70. The second kappa shape index (κ2) is 14.3. The fraction of sp³-hybridized carbons (Fsp3) is 0.457. The number of aryl methyl sites for hydroxylation is 2. The van der Waals surface area contributed by atoms with Crippen LogP contribution in [-0.2, 0) is 14.3 Å². The molecular weight excluding hydrogens is 526 g/mol. The number of ether oxygens (including phenoxy) is 1. The zero-order chi connectivity index (χ0) is 31.0. The van der Waals surface area contributed by atoms with Gasteiger partial charge in [0.15, 0.2) is 0 Å². The van der Waals surface area contributed by atoms with Crippen molar-refractivity contribution in [3.63, 3.8) is 0 Å². The summed E-state index contributed by atoms with van der Waals surface area (Å²) in [5.41, 5.74) is 2.68. The van der Waals surface area contributed by atoms with Crippen LogP contribution in [0.15, 0.2) is 60.7 Å². The molecule has 3 aromatic rings. The average Bonchev–Trinajstić information content (AvgIpc) is 2.88. The van der Waals surface area contributed by atoms with Crippen molar-refractivity contribution in [3.8, 4) is 0 Å². The highest BCUT2D eigenvalue weighted by molar-refractivity contribution is 6.00. The van der Waals surface area contributed by atoms with Gasteiger partial charge in [0.2, 0.25) is 5.91 Å². The summed E-state index contributed by atoms with van der Waals surface area (Å²) >= 11 is 0. The van der Waals surface area contributed by atoms with Gasteiger partial charge < -0.3 is 20.3 Å². The van der Waals surface area contributed by atoms with Gasteiger partial charge in [-0.1, -0.05) is 86.8 Å². The summed E-state index contributed by atoms with van der Waals surface area (Å²) in [6.07, 6.45) is 1.30. The molecule has 2 N–H and O–H groups in total. The van der Waals surface area contributed by atoms with Crippen molar-refractivity contribution < 1.29 is 19.1 Å². The number of fused-ring (bicyclic) bond motifs is 1. The summed E-state index contributed by atoms with van der Waals surface area (Å²) in [7, 11) is 0. The Hall–Kier alpha value is -3.87. The molecule has 3 rings (SSSR count). The van der Waals surface area contributed by atoms with E-state index in [1.807, 2.05) is 95.3 Å². The lowest BCUT2D eigenvalue weighted by Crippen LogP contribution is -2.53. The highest BCUT2D eigenvalue weighted by atomic mass is 16.6. The van der Waals surface area contributed by atoms with Crippen molar-refractivity contribution in [1.29, 1.82) is 0 Å². The van der Waals surface area contributed by atoms with Gasteiger partial charge in [-0.3, -0.25) is 9.59 Å². The Morgan fingerprint density at radius 2 is 1.55 bits per heavy atom. The van der Waals surface area contributed by atoms with Crippen molar-refractivity contribution in [3.05, 3.63) is 77.4 Å². The van der Waals surface area contributed by atoms with Crippen molar-refractivity contribution in [1.82, 2.24) is 10.2 Å². The number of nitrogens with zero attached hydrogens (tertiary/aromatic N) is 1. The third-order valence-corrected chi connectivity index (χ3v) is 6.87. The molecule has 2 unspecified atom stereocenters. The second-order valence-corrected chi connectivity index (χ2v) is 12.6. The maximum atomic E-state index is 14.4. The van der Waals surface area contributed by atoms with E-state index in [-0.39, 0.29) is 17.7 Å². The number of carbonyl (C=O) groups excluding carboxylic acids is 3. The Morgan fingerprint density at radius 3 is 2.14 bits per heavy atom. The molecule has 0 fully saturated rings. The fourth-order valence-electron chi connectivity index (χ4n) is 5.16. The van der Waals surface area contributed by atoms with E-state index in [2.05, 4.69) is 10.6 Å². The van der Waals surface area contributed by atoms with Crippen LogP contribution in [0, 0.1) is 19.8 Å². The molecule has 7 nitrogen and oxygen atoms in total. The molecule has 0 aromatic heterocycles. The largest absolute Gasteiger partial charge is 0.444 e. The highest BCUT2D eigenvalue weighted by Gasteiger charge is 2.36. The standard InChI is InChI=1S/C35H47N3O4/c1-9-10-17-38(33(40)30(18-23(2)3)37-34(41)42-35(6,7)8)31(28-20-24(4)19-25(5)21-28)32(39)36-29-16-15-26-13-11-12-14-27(26)22-29/h11-16,19-23,30-31H,9-10,17-18H2,1-8H3,(H,36,39)(H,37,41). The minimum absolute atomic E-state index is 0.119. The number of anilines is 1. The maximum Gasteiger partial charge on any atom is 0.408 e. The van der Waals surface area contributed by atoms with Crippen LogP contribution in [0.1, 0.15) is 83.5 Å². The van der Waals surface area contributed by atoms with E-state index in [9.17, 15) is 14.4 Å². The van der Waals surface area contributed by atoms with E-state index >= 15 is 0 Å². The zero-order valence-electron chi connectivity index (χ0n) is 26.4. The van der Waals surface area contributed by atoms with E-state index < -0.39 is 23.8 Å². The van der Waals surface area contributed by atoms with Crippen LogP contribution in [0.5, 0.6) is 0 Å². The quantitative estimate of drug-likeness (QED) is 0.246. The first-order valence-corrected chi connectivity index (χ1v) is 14.9. The first kappa shape index (κ1) is 32.6. The smallest absolute Gasteiger partial charge is 0.408 e. The van der Waals surface area contributed by atoms with Gasteiger partial charge in [-0.2, -0.15) is 0 Å². The van der Waals surface area contributed by atoms with Crippen LogP contribution >= 0.6 is 0 Å². The summed E-state index contributed by atoms with van der Waals surface area (Å²) in [4.78, 5) is 43.1. The molecule has 226 valence electrons. The van der Waals surface area contributed by atoms with Gasteiger partial charge in [0.1, 0.15) is 17.7 Å². The lowest BCUT2D eigenvalue weighted by molar-refractivity contribution is -0.141. The Balaban J connectivity index is 2.06. The van der Waals surface area contributed by atoms with Gasteiger partial charge in [-0.15, -0.1) is 0 Å². The number of unbranched alkanes of at least 4 members (excludes halogenated alkanes) is 1. The molecule has 0 bridgehead atoms. The topological polar surface area (TPSA) is 87.7 Å². The third-order valence-electron chi connectivity index (χ3n) is 6.87. The molecule has 0 radical (unpaired) electrons. The minimum Gasteiger partial charge on any atom is -0.444 e. The Labute approximate surface area is 251 Å². The first-order valence-electron chi connectivity index (χ1n) is 14.9. The average molecular weight is 574 g/mol. The van der Waals surface area contributed by atoms with Crippen molar-refractivity contribution in [2.75, 3.05) is 11.9 Å². The Kier molecular flexibility index (Phi) is 11.1. The van der Waals surface area contributed by atoms with Crippen molar-refractivity contribution in [2.24, 2.45) is 5.92 Å². The van der Waals surface area contributed by atoms with Crippen LogP contribution in [0.2, 0.25) is 0 Å². The fourth-order valence-corrected chi connectivity index (χ4v) is 5.16. The molecule has 2 atom stereocenters. The monoisotopic (exact) mass is 573 g/mol. The summed E-state index contributed by atoms with van der Waals surface area (Å²) < 4.78 is 5.50. The molecular formula is C35H47N3O4. The van der Waals surface area contributed by atoms with Crippen LogP contribution in [0.25, 0.3) is 10.8 Å². The maximum absolute atomic E-state index is 14.4. The molecule has 0 aliphatic rings. The molecule has 0 aliphatic heterocycles. The molecule has 42 heavy (non-hydrogen) atoms. The number of alkyl carbamates (subject to hydrolysis) is 1. The van der Waals surface area contributed by atoms with Gasteiger partial charge >= 0.3 is 6.09 Å². The van der Waals surface area contributed by atoms with E-state index in [0.29, 0.717) is 25.1 Å². The van der Waals surface area contributed by atoms with Gasteiger partial charge in [0, 0.05) is 12.2 Å². The van der Waals surface area contributed by atoms with E-state index in [1.54, 1.807) is 25.7 Å². The summed E-state index contributed by atoms with van der Waals surface area (Å²) in [5, 5.41) is 7.99. The number of benzene rings is 3. The van der Waals surface area contributed by atoms with Crippen LogP contribution < -0.4 is 10.6 Å². The van der Waals surface area contributed by atoms with Gasteiger partial charge in [-0.25, -0.2) is 4.79 Å². The van der Waals surface area contributed by atoms with E-state index in [4.69, 9.17) is 4.74 Å². The summed E-state index contributed by atoms with van der Waals surface area (Å²) in [5.74, 6) is -0.492. The molecule has 7 heteroatoms. The van der Waals surface area contributed by atoms with Crippen LogP contribution in [-0.4, -0.2) is 41.0 Å². The van der Waals surface area contributed by atoms with Crippen molar-refractivity contribution in [2.45, 2.75) is 92.3 Å². The van der Waals surface area contributed by atoms with E-state index in [1.165, 1.54) is 0 Å². The molecule has 0 saturated heterocycles. The van der Waals surface area contributed by atoms with Gasteiger partial charge in [0.05, 0.1) is 0 Å². The number of amides is 3. The predicted molar refractivity (Wildman–Crippen MR) is 170 cm³/mol. The van der Waals surface area contributed by atoms with Gasteiger partial charge in [0.25, 0.3) is 5.91 Å². The minimum atomic E-state index is -0.899. The lowest BCUT2D eigenvalue weighted by atomic mass is 9.96. The number of hydrogen-bond acceptors (Lipinski definition) is 4. The number of nitrogens with one attached hydrogen (secondary N) is 2. The number of rotatable bonds is 11. The molecule has 0 aliphatic carbocycles. The normalized spacial score (nSPS) is 13.0. The van der Waals surface area contributed by atoms with Crippen LogP contribution in [0.4, 0.5) is 10.5 Å². The van der Waals surface area contributed by atoms with Crippen molar-refractivity contribution >= 4 is 34.4 Å². The molecule has 3 amide bonds. The molecule has 0 saturated carbocycles. The Bertz CT molecular complexity index is 1370. The summed E-state index contributed by atoms with van der Waals surface area (Å²) in [6, 6.07) is 18.0. The van der Waals surface area contributed by atoms with E-state index in [0.717, 1.165) is 33.9 Å². The first-order chi connectivity index (χ1) is 19.8. The molecule has 0 heterocycles. The van der Waals surface area contributed by atoms with Gasteiger partial charge in [-0.05, 0) is 81.8 Å². The van der Waals surface area contributed by atoms with Crippen LogP contribution in [0.3, 0.4) is 0 Å². The second-order valence-electron chi connectivity index (χ2n) is 12.6. The number of hydrogen-bond donors (Lipinski definition) is 2.